The Morgan fingerprint density at radius 3 is 2.71 bits per heavy atom. The van der Waals surface area contributed by atoms with Gasteiger partial charge in [0, 0.05) is 12.6 Å². The summed E-state index contributed by atoms with van der Waals surface area (Å²) in [5.74, 6) is 2.48. The Bertz CT molecular complexity index is 648. The molecule has 2 fully saturated rings. The second-order valence-electron chi connectivity index (χ2n) is 6.54. The number of hydrogen-bond acceptors (Lipinski definition) is 4. The first-order valence-electron chi connectivity index (χ1n) is 7.90. The highest BCUT2D eigenvalue weighted by molar-refractivity contribution is 5.60. The number of hydrogen-bond donors (Lipinski definition) is 3. The van der Waals surface area contributed by atoms with Crippen LogP contribution in [0.15, 0.2) is 9.59 Å². The molecular formula is C15H24N4O2. The maximum atomic E-state index is 12.0. The standard InChI is InChI=1S/C15H24N4O2/c1-3-19-13(16)12(14(20)18-15(19)21)17-8(2)11-7-9-4-5-10(11)6-9/h8-11,17H,3-7,16H2,1-2H3,(H,18,20,21). The fourth-order valence-electron chi connectivity index (χ4n) is 4.28. The average molecular weight is 292 g/mol. The summed E-state index contributed by atoms with van der Waals surface area (Å²) in [4.78, 5) is 26.1. The molecule has 0 aromatic carbocycles. The lowest BCUT2D eigenvalue weighted by atomic mass is 9.84. The van der Waals surface area contributed by atoms with Crippen molar-refractivity contribution in [2.45, 2.75) is 52.1 Å². The average Bonchev–Trinajstić information content (AvgIpc) is 3.06. The summed E-state index contributed by atoms with van der Waals surface area (Å²) in [6.07, 6.45) is 5.24. The maximum Gasteiger partial charge on any atom is 0.330 e. The van der Waals surface area contributed by atoms with Crippen molar-refractivity contribution in [2.75, 3.05) is 11.1 Å². The molecule has 4 N–H and O–H groups in total. The van der Waals surface area contributed by atoms with Crippen molar-refractivity contribution in [3.8, 4) is 0 Å². The molecule has 2 saturated carbocycles. The summed E-state index contributed by atoms with van der Waals surface area (Å²) < 4.78 is 1.39. The summed E-state index contributed by atoms with van der Waals surface area (Å²) in [5.41, 5.74) is 5.47. The number of nitrogen functional groups attached to an aromatic ring is 1. The third-order valence-electron chi connectivity index (χ3n) is 5.36. The van der Waals surface area contributed by atoms with E-state index in [0.29, 0.717) is 18.2 Å². The molecule has 4 atom stereocenters. The molecule has 0 spiro atoms. The van der Waals surface area contributed by atoms with Crippen molar-refractivity contribution in [1.82, 2.24) is 9.55 Å². The molecule has 1 aromatic rings. The van der Waals surface area contributed by atoms with Crippen LogP contribution in [0.4, 0.5) is 11.5 Å². The van der Waals surface area contributed by atoms with Crippen molar-refractivity contribution in [1.29, 1.82) is 0 Å². The summed E-state index contributed by atoms with van der Waals surface area (Å²) in [7, 11) is 0. The van der Waals surface area contributed by atoms with E-state index in [1.54, 1.807) is 0 Å². The number of anilines is 2. The molecule has 0 aliphatic heterocycles. The molecule has 0 radical (unpaired) electrons. The Hall–Kier alpha value is -1.72. The van der Waals surface area contributed by atoms with E-state index in [0.717, 1.165) is 11.8 Å². The van der Waals surface area contributed by atoms with Gasteiger partial charge in [-0.1, -0.05) is 6.42 Å². The zero-order valence-corrected chi connectivity index (χ0v) is 12.7. The SMILES string of the molecule is CCn1c(N)c(NC(C)C2CC3CCC2C3)c(=O)[nH]c1=O. The molecule has 3 rings (SSSR count). The molecule has 6 heteroatoms. The van der Waals surface area contributed by atoms with Gasteiger partial charge in [0.05, 0.1) is 0 Å². The van der Waals surface area contributed by atoms with E-state index < -0.39 is 11.2 Å². The van der Waals surface area contributed by atoms with Gasteiger partial charge in [-0.15, -0.1) is 0 Å². The van der Waals surface area contributed by atoms with Crippen molar-refractivity contribution < 1.29 is 0 Å². The van der Waals surface area contributed by atoms with Gasteiger partial charge in [0.25, 0.3) is 5.56 Å². The van der Waals surface area contributed by atoms with E-state index in [1.807, 2.05) is 6.92 Å². The Morgan fingerprint density at radius 1 is 1.38 bits per heavy atom. The molecule has 4 unspecified atom stereocenters. The minimum Gasteiger partial charge on any atom is -0.383 e. The molecule has 2 aliphatic rings. The first-order chi connectivity index (χ1) is 10.0. The number of fused-ring (bicyclic) bond motifs is 2. The number of nitrogens with two attached hydrogens (primary N) is 1. The summed E-state index contributed by atoms with van der Waals surface area (Å²) in [5, 5.41) is 3.28. The molecule has 116 valence electrons. The molecule has 0 saturated heterocycles. The smallest absolute Gasteiger partial charge is 0.330 e. The predicted molar refractivity (Wildman–Crippen MR) is 83.4 cm³/mol. The van der Waals surface area contributed by atoms with Crippen LogP contribution in [0.1, 0.15) is 39.5 Å². The highest BCUT2D eigenvalue weighted by atomic mass is 16.2. The van der Waals surface area contributed by atoms with Crippen LogP contribution in [0, 0.1) is 17.8 Å². The van der Waals surface area contributed by atoms with Crippen LogP contribution in [-0.4, -0.2) is 15.6 Å². The second kappa shape index (κ2) is 5.24. The van der Waals surface area contributed by atoms with Gasteiger partial charge in [0.1, 0.15) is 11.5 Å². The lowest BCUT2D eigenvalue weighted by Gasteiger charge is -2.29. The van der Waals surface area contributed by atoms with Crippen LogP contribution in [0.25, 0.3) is 0 Å². The van der Waals surface area contributed by atoms with E-state index in [-0.39, 0.29) is 11.9 Å². The van der Waals surface area contributed by atoms with E-state index in [4.69, 9.17) is 5.73 Å². The van der Waals surface area contributed by atoms with Gasteiger partial charge in [-0.05, 0) is 50.9 Å². The molecule has 2 bridgehead atoms. The number of rotatable bonds is 4. The largest absolute Gasteiger partial charge is 0.383 e. The van der Waals surface area contributed by atoms with Gasteiger partial charge < -0.3 is 11.1 Å². The molecule has 1 heterocycles. The van der Waals surface area contributed by atoms with Crippen molar-refractivity contribution >= 4 is 11.5 Å². The van der Waals surface area contributed by atoms with Crippen LogP contribution in [0.3, 0.4) is 0 Å². The third-order valence-corrected chi connectivity index (χ3v) is 5.36. The molecular weight excluding hydrogens is 268 g/mol. The predicted octanol–water partition coefficient (Wildman–Crippen LogP) is 1.38. The lowest BCUT2D eigenvalue weighted by molar-refractivity contribution is 0.304. The van der Waals surface area contributed by atoms with E-state index in [1.165, 1.54) is 30.3 Å². The molecule has 21 heavy (non-hydrogen) atoms. The van der Waals surface area contributed by atoms with E-state index in [9.17, 15) is 9.59 Å². The number of H-pyrrole nitrogens is 1. The molecule has 2 aliphatic carbocycles. The minimum absolute atomic E-state index is 0.200. The molecule has 0 amide bonds. The van der Waals surface area contributed by atoms with Crippen LogP contribution < -0.4 is 22.3 Å². The summed E-state index contributed by atoms with van der Waals surface area (Å²) in [6.45, 7) is 4.39. The number of nitrogens with zero attached hydrogens (tertiary/aromatic N) is 1. The van der Waals surface area contributed by atoms with Gasteiger partial charge in [0.2, 0.25) is 0 Å². The number of aromatic amines is 1. The topological polar surface area (TPSA) is 92.9 Å². The van der Waals surface area contributed by atoms with Crippen molar-refractivity contribution in [2.24, 2.45) is 17.8 Å². The van der Waals surface area contributed by atoms with Crippen LogP contribution in [0.2, 0.25) is 0 Å². The first kappa shape index (κ1) is 14.2. The van der Waals surface area contributed by atoms with Gasteiger partial charge >= 0.3 is 5.69 Å². The first-order valence-corrected chi connectivity index (χ1v) is 7.90. The van der Waals surface area contributed by atoms with Crippen molar-refractivity contribution in [3.63, 3.8) is 0 Å². The highest BCUT2D eigenvalue weighted by Gasteiger charge is 2.42. The normalized spacial score (nSPS) is 28.8. The maximum absolute atomic E-state index is 12.0. The molecule has 6 nitrogen and oxygen atoms in total. The Kier molecular flexibility index (Phi) is 3.55. The van der Waals surface area contributed by atoms with Crippen LogP contribution in [0.5, 0.6) is 0 Å². The quantitative estimate of drug-likeness (QED) is 0.781. The number of nitrogens with one attached hydrogen (secondary N) is 2. The Labute approximate surface area is 123 Å². The second-order valence-corrected chi connectivity index (χ2v) is 6.54. The Balaban J connectivity index is 1.85. The van der Waals surface area contributed by atoms with Gasteiger partial charge in [0.15, 0.2) is 0 Å². The molecule has 1 aromatic heterocycles. The fourth-order valence-corrected chi connectivity index (χ4v) is 4.28. The highest BCUT2D eigenvalue weighted by Crippen LogP contribution is 2.49. The van der Waals surface area contributed by atoms with E-state index in [2.05, 4.69) is 17.2 Å². The Morgan fingerprint density at radius 2 is 2.14 bits per heavy atom. The van der Waals surface area contributed by atoms with Crippen LogP contribution >= 0.6 is 0 Å². The van der Waals surface area contributed by atoms with Crippen LogP contribution in [-0.2, 0) is 6.54 Å². The van der Waals surface area contributed by atoms with Gasteiger partial charge in [-0.3, -0.25) is 14.3 Å². The lowest BCUT2D eigenvalue weighted by Crippen LogP contribution is -2.37. The van der Waals surface area contributed by atoms with Gasteiger partial charge in [-0.2, -0.15) is 0 Å². The van der Waals surface area contributed by atoms with E-state index >= 15 is 0 Å². The number of aromatic nitrogens is 2. The fraction of sp³-hybridized carbons (Fsp3) is 0.733. The minimum atomic E-state index is -0.446. The monoisotopic (exact) mass is 292 g/mol. The zero-order valence-electron chi connectivity index (χ0n) is 12.7. The summed E-state index contributed by atoms with van der Waals surface area (Å²) >= 11 is 0. The summed E-state index contributed by atoms with van der Waals surface area (Å²) in [6, 6.07) is 0.200. The van der Waals surface area contributed by atoms with Crippen molar-refractivity contribution in [3.05, 3.63) is 20.8 Å². The third kappa shape index (κ3) is 2.36. The zero-order chi connectivity index (χ0) is 15.1. The van der Waals surface area contributed by atoms with Gasteiger partial charge in [-0.25, -0.2) is 4.79 Å².